The van der Waals surface area contributed by atoms with E-state index in [4.69, 9.17) is 9.26 Å². The summed E-state index contributed by atoms with van der Waals surface area (Å²) in [4.78, 5) is 18.2. The fraction of sp³-hybridized carbons (Fsp3) is 0.150. The Morgan fingerprint density at radius 3 is 2.89 bits per heavy atom. The highest BCUT2D eigenvalue weighted by atomic mass is 32.2. The minimum Gasteiger partial charge on any atom is -0.494 e. The van der Waals surface area contributed by atoms with Gasteiger partial charge in [-0.3, -0.25) is 10.1 Å². The van der Waals surface area contributed by atoms with Crippen LogP contribution in [0.4, 0.5) is 5.13 Å². The molecule has 0 saturated carbocycles. The molecule has 1 N–H and O–H groups in total. The largest absolute Gasteiger partial charge is 0.494 e. The first-order valence-electron chi connectivity index (χ1n) is 8.53. The lowest BCUT2D eigenvalue weighted by atomic mass is 10.2. The molecule has 0 aliphatic carbocycles. The van der Waals surface area contributed by atoms with Crippen LogP contribution < -0.4 is 10.1 Å². The number of amides is 1. The molecule has 1 amide bonds. The number of hydrogen-bond acceptors (Lipinski definition) is 7. The molecular formula is C20H17N3O3S2. The van der Waals surface area contributed by atoms with Crippen LogP contribution in [0.1, 0.15) is 21.8 Å². The number of carbonyl (C=O) groups excluding carboxylic acids is 1. The van der Waals surface area contributed by atoms with E-state index in [2.05, 4.69) is 15.5 Å². The van der Waals surface area contributed by atoms with Gasteiger partial charge < -0.3 is 9.26 Å². The van der Waals surface area contributed by atoms with E-state index in [0.29, 0.717) is 22.2 Å². The molecule has 0 saturated heterocycles. The summed E-state index contributed by atoms with van der Waals surface area (Å²) in [5, 5.41) is 7.34. The number of thiazole rings is 1. The topological polar surface area (TPSA) is 77.2 Å². The van der Waals surface area contributed by atoms with Gasteiger partial charge in [0, 0.05) is 11.0 Å². The summed E-state index contributed by atoms with van der Waals surface area (Å²) in [7, 11) is 1.61. The quantitative estimate of drug-likeness (QED) is 0.442. The van der Waals surface area contributed by atoms with E-state index < -0.39 is 0 Å². The number of thioether (sulfide) groups is 1. The van der Waals surface area contributed by atoms with E-state index in [-0.39, 0.29) is 5.91 Å². The number of fused-ring (bicyclic) bond motifs is 1. The van der Waals surface area contributed by atoms with E-state index in [1.165, 1.54) is 23.1 Å². The van der Waals surface area contributed by atoms with E-state index >= 15 is 0 Å². The number of anilines is 1. The molecule has 4 aromatic rings. The number of nitrogens with zero attached hydrogens (tertiary/aromatic N) is 2. The molecule has 2 aromatic carbocycles. The van der Waals surface area contributed by atoms with Crippen molar-refractivity contribution in [3.05, 3.63) is 65.5 Å². The molecule has 0 bridgehead atoms. The molecule has 0 unspecified atom stereocenters. The summed E-state index contributed by atoms with van der Waals surface area (Å²) in [5.41, 5.74) is 2.18. The van der Waals surface area contributed by atoms with Gasteiger partial charge in [0.15, 0.2) is 5.13 Å². The first kappa shape index (κ1) is 18.5. The Labute approximate surface area is 169 Å². The van der Waals surface area contributed by atoms with Crippen LogP contribution in [0.2, 0.25) is 0 Å². The van der Waals surface area contributed by atoms with E-state index in [1.54, 1.807) is 13.2 Å². The monoisotopic (exact) mass is 411 g/mol. The molecule has 0 radical (unpaired) electrons. The van der Waals surface area contributed by atoms with Gasteiger partial charge in [-0.25, -0.2) is 4.98 Å². The summed E-state index contributed by atoms with van der Waals surface area (Å²) < 4.78 is 11.5. The van der Waals surface area contributed by atoms with Crippen molar-refractivity contribution in [2.45, 2.75) is 17.6 Å². The van der Waals surface area contributed by atoms with Crippen molar-refractivity contribution < 1.29 is 14.1 Å². The average Bonchev–Trinajstić information content (AvgIpc) is 3.31. The highest BCUT2D eigenvalue weighted by Crippen LogP contribution is 2.33. The molecular weight excluding hydrogens is 394 g/mol. The molecule has 28 heavy (non-hydrogen) atoms. The minimum atomic E-state index is -0.199. The van der Waals surface area contributed by atoms with Crippen molar-refractivity contribution in [2.24, 2.45) is 0 Å². The molecule has 2 aromatic heterocycles. The third-order valence-electron chi connectivity index (χ3n) is 4.00. The highest BCUT2D eigenvalue weighted by Gasteiger charge is 2.15. The maximum Gasteiger partial charge on any atom is 0.258 e. The van der Waals surface area contributed by atoms with Gasteiger partial charge >= 0.3 is 0 Å². The minimum absolute atomic E-state index is 0.199. The molecule has 0 spiro atoms. The maximum atomic E-state index is 12.9. The van der Waals surface area contributed by atoms with E-state index in [0.717, 1.165) is 26.6 Å². The van der Waals surface area contributed by atoms with Gasteiger partial charge in [-0.2, -0.15) is 0 Å². The molecule has 0 atom stereocenters. The zero-order valence-electron chi connectivity index (χ0n) is 15.3. The van der Waals surface area contributed by atoms with Crippen LogP contribution in [0.5, 0.6) is 5.75 Å². The second kappa shape index (κ2) is 8.04. The lowest BCUT2D eigenvalue weighted by Crippen LogP contribution is -2.12. The first-order chi connectivity index (χ1) is 13.6. The van der Waals surface area contributed by atoms with Crippen LogP contribution in [0.25, 0.3) is 10.2 Å². The number of benzene rings is 2. The summed E-state index contributed by atoms with van der Waals surface area (Å²) in [6.07, 6.45) is 0. The third-order valence-corrected chi connectivity index (χ3v) is 6.03. The number of hydrogen-bond donors (Lipinski definition) is 1. The fourth-order valence-electron chi connectivity index (χ4n) is 2.72. The smallest absolute Gasteiger partial charge is 0.258 e. The second-order valence-electron chi connectivity index (χ2n) is 6.00. The molecule has 2 heterocycles. The van der Waals surface area contributed by atoms with Gasteiger partial charge in [-0.15, -0.1) is 11.8 Å². The van der Waals surface area contributed by atoms with Gasteiger partial charge in [-0.05, 0) is 31.2 Å². The van der Waals surface area contributed by atoms with Gasteiger partial charge in [0.05, 0.1) is 28.8 Å². The van der Waals surface area contributed by atoms with Crippen molar-refractivity contribution in [1.82, 2.24) is 10.1 Å². The standard InChI is InChI=1S/C20H17N3O3S2/c1-12-10-13(26-23-12)11-27-16-8-4-3-6-14(16)19(24)22-20-21-18-15(25-2)7-5-9-17(18)28-20/h3-10H,11H2,1-2H3,(H,21,22,24). The number of rotatable bonds is 6. The molecule has 0 fully saturated rings. The van der Waals surface area contributed by atoms with Crippen LogP contribution >= 0.6 is 23.1 Å². The van der Waals surface area contributed by atoms with Crippen LogP contribution in [0.15, 0.2) is 57.9 Å². The normalized spacial score (nSPS) is 10.9. The number of carbonyl (C=O) groups is 1. The molecule has 0 aliphatic rings. The Morgan fingerprint density at radius 1 is 1.25 bits per heavy atom. The van der Waals surface area contributed by atoms with Crippen molar-refractivity contribution >= 4 is 44.4 Å². The van der Waals surface area contributed by atoms with Crippen LogP contribution in [0.3, 0.4) is 0 Å². The fourth-order valence-corrected chi connectivity index (χ4v) is 4.52. The predicted octanol–water partition coefficient (Wildman–Crippen LogP) is 5.15. The van der Waals surface area contributed by atoms with Crippen LogP contribution in [-0.4, -0.2) is 23.2 Å². The molecule has 4 rings (SSSR count). The SMILES string of the molecule is COc1cccc2sc(NC(=O)c3ccccc3SCc3cc(C)no3)nc12. The summed E-state index contributed by atoms with van der Waals surface area (Å²) in [6.45, 7) is 1.88. The highest BCUT2D eigenvalue weighted by molar-refractivity contribution is 7.98. The number of ether oxygens (including phenoxy) is 1. The van der Waals surface area contributed by atoms with E-state index in [9.17, 15) is 4.79 Å². The summed E-state index contributed by atoms with van der Waals surface area (Å²) >= 11 is 2.95. The van der Waals surface area contributed by atoms with Gasteiger partial charge in [0.2, 0.25) is 0 Å². The zero-order chi connectivity index (χ0) is 19.5. The third kappa shape index (κ3) is 3.88. The number of methoxy groups -OCH3 is 1. The number of para-hydroxylation sites is 1. The van der Waals surface area contributed by atoms with Crippen molar-refractivity contribution in [3.63, 3.8) is 0 Å². The summed E-state index contributed by atoms with van der Waals surface area (Å²) in [5.74, 6) is 1.86. The summed E-state index contributed by atoms with van der Waals surface area (Å²) in [6, 6.07) is 15.1. The van der Waals surface area contributed by atoms with Crippen LogP contribution in [-0.2, 0) is 5.75 Å². The number of nitrogens with one attached hydrogen (secondary N) is 1. The Hall–Kier alpha value is -2.84. The zero-order valence-corrected chi connectivity index (χ0v) is 16.9. The van der Waals surface area contributed by atoms with Gasteiger partial charge in [0.25, 0.3) is 5.91 Å². The van der Waals surface area contributed by atoms with Crippen molar-refractivity contribution in [2.75, 3.05) is 12.4 Å². The number of aromatic nitrogens is 2. The Balaban J connectivity index is 1.53. The molecule has 6 nitrogen and oxygen atoms in total. The average molecular weight is 412 g/mol. The van der Waals surface area contributed by atoms with Gasteiger partial charge in [-0.1, -0.05) is 34.7 Å². The molecule has 8 heteroatoms. The Bertz CT molecular complexity index is 1140. The van der Waals surface area contributed by atoms with Crippen molar-refractivity contribution in [3.8, 4) is 5.75 Å². The second-order valence-corrected chi connectivity index (χ2v) is 8.05. The number of aryl methyl sites for hydroxylation is 1. The maximum absolute atomic E-state index is 12.9. The molecule has 142 valence electrons. The Kier molecular flexibility index (Phi) is 5.31. The van der Waals surface area contributed by atoms with E-state index in [1.807, 2.05) is 49.4 Å². The van der Waals surface area contributed by atoms with Crippen LogP contribution in [0, 0.1) is 6.92 Å². The Morgan fingerprint density at radius 2 is 2.11 bits per heavy atom. The molecule has 0 aliphatic heterocycles. The van der Waals surface area contributed by atoms with Gasteiger partial charge in [0.1, 0.15) is 17.0 Å². The van der Waals surface area contributed by atoms with Crippen molar-refractivity contribution in [1.29, 1.82) is 0 Å². The first-order valence-corrected chi connectivity index (χ1v) is 10.3. The predicted molar refractivity (Wildman–Crippen MR) is 111 cm³/mol. The lowest BCUT2D eigenvalue weighted by molar-refractivity contribution is 0.102. The lowest BCUT2D eigenvalue weighted by Gasteiger charge is -2.07.